The maximum absolute atomic E-state index is 12.4. The van der Waals surface area contributed by atoms with E-state index in [0.29, 0.717) is 9.47 Å². The number of aromatic nitrogens is 1. The van der Waals surface area contributed by atoms with Crippen molar-refractivity contribution in [1.29, 1.82) is 0 Å². The molecule has 1 aromatic carbocycles. The van der Waals surface area contributed by atoms with Crippen molar-refractivity contribution in [2.75, 3.05) is 7.11 Å². The summed E-state index contributed by atoms with van der Waals surface area (Å²) in [6.07, 6.45) is 3.23. The number of methoxy groups -OCH3 is 1. The van der Waals surface area contributed by atoms with Crippen LogP contribution in [-0.4, -0.2) is 23.6 Å². The van der Waals surface area contributed by atoms with E-state index in [4.69, 9.17) is 9.15 Å². The molecule has 0 fully saturated rings. The van der Waals surface area contributed by atoms with Gasteiger partial charge in [0.25, 0.3) is 0 Å². The molecule has 0 aliphatic rings. The molecule has 2 heterocycles. The number of furan rings is 1. The Bertz CT molecular complexity index is 1050. The molecule has 0 bridgehead atoms. The van der Waals surface area contributed by atoms with Gasteiger partial charge in [-0.05, 0) is 58.6 Å². The van der Waals surface area contributed by atoms with Crippen LogP contribution in [0.2, 0.25) is 0 Å². The lowest BCUT2D eigenvalue weighted by molar-refractivity contribution is -0.141. The molecule has 0 saturated carbocycles. The van der Waals surface area contributed by atoms with E-state index in [1.165, 1.54) is 24.0 Å². The molecule has 0 saturated heterocycles. The smallest absolute Gasteiger partial charge is 0.325 e. The predicted molar refractivity (Wildman–Crippen MR) is 107 cm³/mol. The lowest BCUT2D eigenvalue weighted by atomic mass is 10.1. The average molecular weight is 451 g/mol. The summed E-state index contributed by atoms with van der Waals surface area (Å²) < 4.78 is 13.2. The molecule has 1 amide bonds. The summed E-state index contributed by atoms with van der Waals surface area (Å²) in [5.41, 5.74) is 2.07. The lowest BCUT2D eigenvalue weighted by Crippen LogP contribution is -2.22. The van der Waals surface area contributed by atoms with E-state index in [9.17, 15) is 9.59 Å². The van der Waals surface area contributed by atoms with Gasteiger partial charge in [0.1, 0.15) is 6.54 Å². The molecule has 0 aliphatic heterocycles. The number of ether oxygens (including phenoxy) is 1. The number of nitrogens with zero attached hydrogens (tertiary/aromatic N) is 2. The fourth-order valence-corrected chi connectivity index (χ4v) is 4.05. The van der Waals surface area contributed by atoms with Gasteiger partial charge in [-0.3, -0.25) is 9.59 Å². The summed E-state index contributed by atoms with van der Waals surface area (Å²) in [7, 11) is 1.34. The summed E-state index contributed by atoms with van der Waals surface area (Å²) in [5.74, 6) is -0.774. The fraction of sp³-hybridized carbons (Fsp3) is 0.316. The molecular formula is C19H19BrN2O4S. The van der Waals surface area contributed by atoms with Crippen LogP contribution in [0.25, 0.3) is 10.2 Å². The lowest BCUT2D eigenvalue weighted by Gasteiger charge is -2.04. The first-order valence-electron chi connectivity index (χ1n) is 8.55. The molecule has 3 aromatic rings. The van der Waals surface area contributed by atoms with Crippen molar-refractivity contribution in [3.63, 3.8) is 0 Å². The molecule has 2 aromatic heterocycles. The second-order valence-electron chi connectivity index (χ2n) is 5.97. The van der Waals surface area contributed by atoms with Gasteiger partial charge in [0.05, 0.1) is 17.3 Å². The molecule has 27 heavy (non-hydrogen) atoms. The van der Waals surface area contributed by atoms with E-state index in [0.717, 1.165) is 29.5 Å². The zero-order valence-corrected chi connectivity index (χ0v) is 17.4. The van der Waals surface area contributed by atoms with Gasteiger partial charge in [-0.1, -0.05) is 30.7 Å². The molecule has 8 heteroatoms. The normalized spacial score (nSPS) is 11.9. The van der Waals surface area contributed by atoms with Crippen molar-refractivity contribution in [1.82, 2.24) is 4.57 Å². The highest BCUT2D eigenvalue weighted by Crippen LogP contribution is 2.21. The number of esters is 1. The van der Waals surface area contributed by atoms with Crippen molar-refractivity contribution in [3.05, 3.63) is 51.1 Å². The van der Waals surface area contributed by atoms with Crippen molar-refractivity contribution in [2.45, 2.75) is 32.7 Å². The van der Waals surface area contributed by atoms with Crippen LogP contribution in [0.4, 0.5) is 0 Å². The Morgan fingerprint density at radius 2 is 2.11 bits per heavy atom. The maximum Gasteiger partial charge on any atom is 0.325 e. The summed E-state index contributed by atoms with van der Waals surface area (Å²) in [6.45, 7) is 2.14. The SMILES string of the molecule is CCCCc1ccc2c(c1)sc(=NC(=O)c1ccc(Br)o1)n2CC(=O)OC. The van der Waals surface area contributed by atoms with Crippen LogP contribution in [0.5, 0.6) is 0 Å². The monoisotopic (exact) mass is 450 g/mol. The minimum Gasteiger partial charge on any atom is -0.468 e. The minimum absolute atomic E-state index is 0.0151. The topological polar surface area (TPSA) is 73.8 Å². The standard InChI is InChI=1S/C19H19BrN2O4S/c1-3-4-5-12-6-7-13-15(10-12)27-19(22(13)11-17(23)25-2)21-18(24)14-8-9-16(20)26-14/h6-10H,3-5,11H2,1-2H3. The molecule has 0 aliphatic carbocycles. The third-order valence-corrected chi connectivity index (χ3v) is 5.53. The van der Waals surface area contributed by atoms with Crippen molar-refractivity contribution >= 4 is 49.4 Å². The van der Waals surface area contributed by atoms with Gasteiger partial charge in [0.2, 0.25) is 0 Å². The minimum atomic E-state index is -0.503. The maximum atomic E-state index is 12.4. The second-order valence-corrected chi connectivity index (χ2v) is 7.76. The number of aryl methyl sites for hydroxylation is 1. The summed E-state index contributed by atoms with van der Waals surface area (Å²) >= 11 is 4.54. The van der Waals surface area contributed by atoms with E-state index in [2.05, 4.69) is 33.9 Å². The Kier molecular flexibility index (Phi) is 6.28. The summed E-state index contributed by atoms with van der Waals surface area (Å²) in [5, 5.41) is 0. The Labute approximate surface area is 168 Å². The quantitative estimate of drug-likeness (QED) is 0.524. The van der Waals surface area contributed by atoms with Crippen molar-refractivity contribution in [3.8, 4) is 0 Å². The van der Waals surface area contributed by atoms with Gasteiger partial charge in [0, 0.05) is 0 Å². The number of hydrogen-bond acceptors (Lipinski definition) is 5. The first-order valence-corrected chi connectivity index (χ1v) is 10.2. The number of thiazole rings is 1. The Morgan fingerprint density at radius 3 is 2.78 bits per heavy atom. The number of amides is 1. The van der Waals surface area contributed by atoms with Crippen LogP contribution in [0, 0.1) is 0 Å². The number of rotatable bonds is 6. The molecular weight excluding hydrogens is 432 g/mol. The highest BCUT2D eigenvalue weighted by Gasteiger charge is 2.14. The van der Waals surface area contributed by atoms with E-state index >= 15 is 0 Å². The van der Waals surface area contributed by atoms with Crippen LogP contribution in [0.3, 0.4) is 0 Å². The number of carbonyl (C=O) groups is 2. The van der Waals surface area contributed by atoms with Gasteiger partial charge in [-0.15, -0.1) is 0 Å². The molecule has 0 N–H and O–H groups in total. The van der Waals surface area contributed by atoms with Crippen LogP contribution >= 0.6 is 27.3 Å². The van der Waals surface area contributed by atoms with E-state index in [-0.39, 0.29) is 12.3 Å². The zero-order valence-electron chi connectivity index (χ0n) is 15.0. The Hall–Kier alpha value is -2.19. The van der Waals surface area contributed by atoms with E-state index in [1.54, 1.807) is 16.7 Å². The average Bonchev–Trinajstić information content (AvgIpc) is 3.23. The van der Waals surface area contributed by atoms with Crippen molar-refractivity contribution < 1.29 is 18.7 Å². The summed E-state index contributed by atoms with van der Waals surface area (Å²) in [4.78, 5) is 28.9. The van der Waals surface area contributed by atoms with Crippen LogP contribution < -0.4 is 4.80 Å². The van der Waals surface area contributed by atoms with Gasteiger partial charge in [0.15, 0.2) is 15.2 Å². The molecule has 0 atom stereocenters. The molecule has 3 rings (SSSR count). The third-order valence-electron chi connectivity index (χ3n) is 4.06. The molecule has 0 unspecified atom stereocenters. The summed E-state index contributed by atoms with van der Waals surface area (Å²) in [6, 6.07) is 9.30. The van der Waals surface area contributed by atoms with Gasteiger partial charge in [-0.25, -0.2) is 0 Å². The molecule has 142 valence electrons. The van der Waals surface area contributed by atoms with Gasteiger partial charge >= 0.3 is 11.9 Å². The van der Waals surface area contributed by atoms with Gasteiger partial charge < -0.3 is 13.7 Å². The van der Waals surface area contributed by atoms with E-state index in [1.807, 2.05) is 12.1 Å². The third kappa shape index (κ3) is 4.56. The predicted octanol–water partition coefficient (Wildman–Crippen LogP) is 4.32. The van der Waals surface area contributed by atoms with Crippen LogP contribution in [0.15, 0.2) is 44.4 Å². The second kappa shape index (κ2) is 8.67. The number of benzene rings is 1. The van der Waals surface area contributed by atoms with E-state index < -0.39 is 11.9 Å². The number of unbranched alkanes of at least 4 members (excludes halogenated alkanes) is 1. The first-order chi connectivity index (χ1) is 13.0. The van der Waals surface area contributed by atoms with Gasteiger partial charge in [-0.2, -0.15) is 4.99 Å². The highest BCUT2D eigenvalue weighted by atomic mass is 79.9. The molecule has 0 spiro atoms. The number of carbonyl (C=O) groups excluding carboxylic acids is 2. The molecule has 6 nitrogen and oxygen atoms in total. The van der Waals surface area contributed by atoms with Crippen LogP contribution in [0.1, 0.15) is 35.9 Å². The zero-order chi connectivity index (χ0) is 19.4. The number of hydrogen-bond donors (Lipinski definition) is 0. The number of halogens is 1. The Balaban J connectivity index is 2.08. The highest BCUT2D eigenvalue weighted by molar-refractivity contribution is 9.10. The van der Waals surface area contributed by atoms with Crippen LogP contribution in [-0.2, 0) is 22.5 Å². The fourth-order valence-electron chi connectivity index (χ4n) is 2.66. The largest absolute Gasteiger partial charge is 0.468 e. The first kappa shape index (κ1) is 19.6. The molecule has 0 radical (unpaired) electrons. The van der Waals surface area contributed by atoms with Crippen molar-refractivity contribution in [2.24, 2.45) is 4.99 Å². The Morgan fingerprint density at radius 1 is 1.30 bits per heavy atom. The number of fused-ring (bicyclic) bond motifs is 1.